The molecule has 0 unspecified atom stereocenters. The fraction of sp³-hybridized carbons (Fsp3) is 0.480. The van der Waals surface area contributed by atoms with E-state index in [1.807, 2.05) is 4.90 Å². The Morgan fingerprint density at radius 3 is 2.13 bits per heavy atom. The van der Waals surface area contributed by atoms with Crippen LogP contribution < -0.4 is 5.32 Å². The van der Waals surface area contributed by atoms with Crippen LogP contribution in [0.3, 0.4) is 0 Å². The molecule has 5 rings (SSSR count). The molecule has 31 heavy (non-hydrogen) atoms. The highest BCUT2D eigenvalue weighted by Crippen LogP contribution is 2.34. The van der Waals surface area contributed by atoms with Gasteiger partial charge in [-0.2, -0.15) is 0 Å². The average Bonchev–Trinajstić information content (AvgIpc) is 2.85. The van der Waals surface area contributed by atoms with Crippen molar-refractivity contribution in [1.29, 1.82) is 0 Å². The molecule has 1 N–H and O–H groups in total. The van der Waals surface area contributed by atoms with Gasteiger partial charge < -0.3 is 19.9 Å². The lowest BCUT2D eigenvalue weighted by Crippen LogP contribution is -2.67. The number of urea groups is 1. The van der Waals surface area contributed by atoms with Gasteiger partial charge in [0.1, 0.15) is 0 Å². The molecule has 0 radical (unpaired) electrons. The number of rotatable bonds is 3. The SMILES string of the molecule is O=C(N1CCOCC1)N1CCN2[C@H](CNC[C@H]2C(c2ccccc2)c2ccccc2)C1. The van der Waals surface area contributed by atoms with E-state index in [1.165, 1.54) is 11.1 Å². The summed E-state index contributed by atoms with van der Waals surface area (Å²) < 4.78 is 5.42. The van der Waals surface area contributed by atoms with Crippen molar-refractivity contribution in [2.24, 2.45) is 0 Å². The van der Waals surface area contributed by atoms with Crippen molar-refractivity contribution < 1.29 is 9.53 Å². The third kappa shape index (κ3) is 4.33. The molecule has 3 aliphatic heterocycles. The molecule has 0 saturated carbocycles. The first-order chi connectivity index (χ1) is 15.3. The number of hydrogen-bond donors (Lipinski definition) is 1. The predicted molar refractivity (Wildman–Crippen MR) is 121 cm³/mol. The maximum absolute atomic E-state index is 13.0. The summed E-state index contributed by atoms with van der Waals surface area (Å²) in [6.07, 6.45) is 0. The van der Waals surface area contributed by atoms with Gasteiger partial charge in [0.05, 0.1) is 13.2 Å². The number of ether oxygens (including phenoxy) is 1. The quantitative estimate of drug-likeness (QED) is 0.827. The van der Waals surface area contributed by atoms with E-state index in [2.05, 4.69) is 75.8 Å². The van der Waals surface area contributed by atoms with Gasteiger partial charge in [0.25, 0.3) is 0 Å². The lowest BCUT2D eigenvalue weighted by molar-refractivity contribution is 0.00751. The Morgan fingerprint density at radius 2 is 1.48 bits per heavy atom. The molecule has 164 valence electrons. The molecule has 3 fully saturated rings. The fourth-order valence-corrected chi connectivity index (χ4v) is 5.40. The van der Waals surface area contributed by atoms with E-state index in [0.717, 1.165) is 32.7 Å². The summed E-state index contributed by atoms with van der Waals surface area (Å²) in [5.74, 6) is 0.305. The molecule has 3 heterocycles. The number of amides is 2. The normalized spacial score (nSPS) is 24.8. The van der Waals surface area contributed by atoms with Crippen molar-refractivity contribution in [3.05, 3.63) is 71.8 Å². The molecule has 0 aromatic heterocycles. The first-order valence-corrected chi connectivity index (χ1v) is 11.5. The molecule has 3 aliphatic rings. The molecular formula is C25H32N4O2. The van der Waals surface area contributed by atoms with Gasteiger partial charge in [0.2, 0.25) is 0 Å². The van der Waals surface area contributed by atoms with E-state index in [4.69, 9.17) is 4.74 Å². The van der Waals surface area contributed by atoms with Crippen molar-refractivity contribution in [3.8, 4) is 0 Å². The van der Waals surface area contributed by atoms with E-state index < -0.39 is 0 Å². The van der Waals surface area contributed by atoms with Crippen molar-refractivity contribution >= 4 is 6.03 Å². The van der Waals surface area contributed by atoms with Crippen molar-refractivity contribution in [1.82, 2.24) is 20.0 Å². The minimum absolute atomic E-state index is 0.174. The molecular weight excluding hydrogens is 388 g/mol. The van der Waals surface area contributed by atoms with Crippen LogP contribution in [0.5, 0.6) is 0 Å². The van der Waals surface area contributed by atoms with Crippen molar-refractivity contribution in [2.75, 3.05) is 59.0 Å². The van der Waals surface area contributed by atoms with Gasteiger partial charge >= 0.3 is 6.03 Å². The van der Waals surface area contributed by atoms with E-state index in [9.17, 15) is 4.79 Å². The maximum Gasteiger partial charge on any atom is 0.320 e. The highest BCUT2D eigenvalue weighted by Gasteiger charge is 2.41. The molecule has 0 bridgehead atoms. The van der Waals surface area contributed by atoms with E-state index in [-0.39, 0.29) is 6.03 Å². The van der Waals surface area contributed by atoms with Crippen LogP contribution in [0.25, 0.3) is 0 Å². The van der Waals surface area contributed by atoms with Gasteiger partial charge in [-0.1, -0.05) is 60.7 Å². The zero-order valence-corrected chi connectivity index (χ0v) is 18.0. The van der Waals surface area contributed by atoms with Gasteiger partial charge in [-0.3, -0.25) is 4.90 Å². The molecule has 2 aromatic carbocycles. The second kappa shape index (κ2) is 9.39. The predicted octanol–water partition coefficient (Wildman–Crippen LogP) is 2.23. The van der Waals surface area contributed by atoms with E-state index >= 15 is 0 Å². The van der Waals surface area contributed by atoms with Crippen LogP contribution in [0, 0.1) is 0 Å². The van der Waals surface area contributed by atoms with Crippen molar-refractivity contribution in [2.45, 2.75) is 18.0 Å². The van der Waals surface area contributed by atoms with Crippen molar-refractivity contribution in [3.63, 3.8) is 0 Å². The van der Waals surface area contributed by atoms with Gasteiger partial charge in [-0.05, 0) is 11.1 Å². The zero-order valence-electron chi connectivity index (χ0n) is 18.0. The van der Waals surface area contributed by atoms with Gasteiger partial charge in [-0.15, -0.1) is 0 Å². The molecule has 3 saturated heterocycles. The molecule has 2 aromatic rings. The summed E-state index contributed by atoms with van der Waals surface area (Å²) >= 11 is 0. The Bertz CT molecular complexity index is 817. The number of fused-ring (bicyclic) bond motifs is 1. The van der Waals surface area contributed by atoms with Crippen LogP contribution in [0.15, 0.2) is 60.7 Å². The summed E-state index contributed by atoms with van der Waals surface area (Å²) in [5.41, 5.74) is 2.71. The highest BCUT2D eigenvalue weighted by molar-refractivity contribution is 5.74. The summed E-state index contributed by atoms with van der Waals surface area (Å²) in [5, 5.41) is 3.68. The molecule has 6 nitrogen and oxygen atoms in total. The number of nitrogens with zero attached hydrogens (tertiary/aromatic N) is 3. The first kappa shape index (κ1) is 20.5. The highest BCUT2D eigenvalue weighted by atomic mass is 16.5. The molecule has 0 aliphatic carbocycles. The second-order valence-electron chi connectivity index (χ2n) is 8.74. The van der Waals surface area contributed by atoms with Gasteiger partial charge in [0, 0.05) is 63.8 Å². The number of carbonyl (C=O) groups is 1. The average molecular weight is 421 g/mol. The van der Waals surface area contributed by atoms with Gasteiger partial charge in [-0.25, -0.2) is 4.79 Å². The number of carbonyl (C=O) groups excluding carboxylic acids is 1. The number of piperazine rings is 2. The topological polar surface area (TPSA) is 48.1 Å². The molecule has 6 heteroatoms. The van der Waals surface area contributed by atoms with Crippen LogP contribution in [0.1, 0.15) is 17.0 Å². The third-order valence-corrected chi connectivity index (χ3v) is 6.94. The Morgan fingerprint density at radius 1 is 0.839 bits per heavy atom. The van der Waals surface area contributed by atoms with Crippen LogP contribution in [-0.2, 0) is 4.74 Å². The minimum atomic E-state index is 0.174. The molecule has 0 spiro atoms. The Kier molecular flexibility index (Phi) is 6.20. The standard InChI is InChI=1S/C25H32N4O2/c30-25(27-13-15-31-16-14-27)28-11-12-29-22(19-28)17-26-18-23(29)24(20-7-3-1-4-8-20)21-9-5-2-6-10-21/h1-10,22-24,26H,11-19H2/t22-,23+/m1/s1. The monoisotopic (exact) mass is 420 g/mol. The number of nitrogens with one attached hydrogen (secondary N) is 1. The summed E-state index contributed by atoms with van der Waals surface area (Å²) in [4.78, 5) is 19.7. The van der Waals surface area contributed by atoms with E-state index in [1.54, 1.807) is 0 Å². The molecule has 2 atom stereocenters. The van der Waals surface area contributed by atoms with Crippen LogP contribution in [0.4, 0.5) is 4.79 Å². The van der Waals surface area contributed by atoms with Crippen LogP contribution in [-0.4, -0.2) is 91.8 Å². The summed E-state index contributed by atoms with van der Waals surface area (Å²) in [7, 11) is 0. The largest absolute Gasteiger partial charge is 0.378 e. The number of hydrogen-bond acceptors (Lipinski definition) is 4. The Hall–Kier alpha value is -2.41. The lowest BCUT2D eigenvalue weighted by Gasteiger charge is -2.51. The third-order valence-electron chi connectivity index (χ3n) is 6.94. The van der Waals surface area contributed by atoms with E-state index in [0.29, 0.717) is 44.3 Å². The summed E-state index contributed by atoms with van der Waals surface area (Å²) in [6.45, 7) is 7.09. The summed E-state index contributed by atoms with van der Waals surface area (Å²) in [6, 6.07) is 22.6. The Labute approximate surface area is 184 Å². The van der Waals surface area contributed by atoms with Crippen LogP contribution >= 0.6 is 0 Å². The number of morpholine rings is 1. The zero-order chi connectivity index (χ0) is 21.0. The Balaban J connectivity index is 1.36. The van der Waals surface area contributed by atoms with Gasteiger partial charge in [0.15, 0.2) is 0 Å². The maximum atomic E-state index is 13.0. The smallest absolute Gasteiger partial charge is 0.320 e. The fourth-order valence-electron chi connectivity index (χ4n) is 5.40. The van der Waals surface area contributed by atoms with Crippen LogP contribution in [0.2, 0.25) is 0 Å². The number of benzene rings is 2. The second-order valence-corrected chi connectivity index (χ2v) is 8.74. The molecule has 2 amide bonds. The first-order valence-electron chi connectivity index (χ1n) is 11.5. The lowest BCUT2D eigenvalue weighted by atomic mass is 9.82. The minimum Gasteiger partial charge on any atom is -0.378 e.